The first kappa shape index (κ1) is 15.7. The molecule has 2 rings (SSSR count). The molecule has 8 heteroatoms. The highest BCUT2D eigenvalue weighted by Gasteiger charge is 2.11. The molecule has 6 nitrogen and oxygen atoms in total. The second-order valence-corrected chi connectivity index (χ2v) is 5.88. The average molecular weight is 371 g/mol. The monoisotopic (exact) mass is 370 g/mol. The number of hydrogen-bond donors (Lipinski definition) is 2. The molecule has 1 heterocycles. The molecule has 0 bridgehead atoms. The molecule has 0 radical (unpaired) electrons. The lowest BCUT2D eigenvalue weighted by Crippen LogP contribution is -2.00. The molecule has 0 amide bonds. The van der Waals surface area contributed by atoms with Gasteiger partial charge in [0.2, 0.25) is 0 Å². The van der Waals surface area contributed by atoms with Gasteiger partial charge in [-0.25, -0.2) is 9.97 Å². The summed E-state index contributed by atoms with van der Waals surface area (Å²) in [6.45, 7) is 0. The van der Waals surface area contributed by atoms with Crippen molar-refractivity contribution in [1.82, 2.24) is 9.97 Å². The highest BCUT2D eigenvalue weighted by molar-refractivity contribution is 9.10. The maximum atomic E-state index is 5.65. The molecule has 0 saturated carbocycles. The standard InChI is InChI=1S/C13H15BrN4O2S/c1-19-9-4-8(14)10(20-2)3-7(9)6-21-13-17-11(15)5-12(16)18-13/h3-5H,6H2,1-2H3,(H4,15,16,17,18). The lowest BCUT2D eigenvalue weighted by atomic mass is 10.2. The third-order valence-corrected chi connectivity index (χ3v) is 4.17. The predicted molar refractivity (Wildman–Crippen MR) is 87.7 cm³/mol. The number of nitrogen functional groups attached to an aromatic ring is 2. The van der Waals surface area contributed by atoms with E-state index in [1.807, 2.05) is 12.1 Å². The fourth-order valence-electron chi connectivity index (χ4n) is 1.71. The smallest absolute Gasteiger partial charge is 0.191 e. The zero-order valence-corrected chi connectivity index (χ0v) is 14.0. The molecule has 0 aliphatic heterocycles. The second-order valence-electron chi connectivity index (χ2n) is 4.09. The van der Waals surface area contributed by atoms with Crippen molar-refractivity contribution in [2.45, 2.75) is 10.9 Å². The molecule has 0 unspecified atom stereocenters. The van der Waals surface area contributed by atoms with E-state index in [1.165, 1.54) is 17.8 Å². The van der Waals surface area contributed by atoms with E-state index in [9.17, 15) is 0 Å². The molecule has 0 aliphatic carbocycles. The molecule has 112 valence electrons. The Morgan fingerprint density at radius 3 is 2.24 bits per heavy atom. The minimum atomic E-state index is 0.352. The van der Waals surface area contributed by atoms with E-state index >= 15 is 0 Å². The number of rotatable bonds is 5. The van der Waals surface area contributed by atoms with Crippen LogP contribution in [0.1, 0.15) is 5.56 Å². The topological polar surface area (TPSA) is 96.3 Å². The van der Waals surface area contributed by atoms with E-state index in [0.717, 1.165) is 21.5 Å². The Morgan fingerprint density at radius 2 is 1.67 bits per heavy atom. The summed E-state index contributed by atoms with van der Waals surface area (Å²) < 4.78 is 11.5. The summed E-state index contributed by atoms with van der Waals surface area (Å²) in [5, 5.41) is 0.524. The molecule has 4 N–H and O–H groups in total. The van der Waals surface area contributed by atoms with Crippen LogP contribution in [0.5, 0.6) is 11.5 Å². The van der Waals surface area contributed by atoms with E-state index < -0.39 is 0 Å². The maximum Gasteiger partial charge on any atom is 0.191 e. The number of hydrogen-bond acceptors (Lipinski definition) is 7. The first-order valence-corrected chi connectivity index (χ1v) is 7.74. The molecule has 0 saturated heterocycles. The predicted octanol–water partition coefficient (Wildman–Crippen LogP) is 2.71. The highest BCUT2D eigenvalue weighted by Crippen LogP contribution is 2.35. The van der Waals surface area contributed by atoms with E-state index in [2.05, 4.69) is 25.9 Å². The summed E-state index contributed by atoms with van der Waals surface area (Å²) in [7, 11) is 3.24. The lowest BCUT2D eigenvalue weighted by Gasteiger charge is -2.12. The van der Waals surface area contributed by atoms with Crippen molar-refractivity contribution in [3.8, 4) is 11.5 Å². The van der Waals surface area contributed by atoms with Crippen LogP contribution in [0.4, 0.5) is 11.6 Å². The second kappa shape index (κ2) is 6.86. The van der Waals surface area contributed by atoms with Crippen molar-refractivity contribution in [2.75, 3.05) is 25.7 Å². The van der Waals surface area contributed by atoms with Crippen molar-refractivity contribution in [1.29, 1.82) is 0 Å². The molecule has 0 atom stereocenters. The summed E-state index contributed by atoms with van der Waals surface area (Å²) in [5.41, 5.74) is 12.3. The molecule has 21 heavy (non-hydrogen) atoms. The van der Waals surface area contributed by atoms with Gasteiger partial charge in [-0.05, 0) is 28.1 Å². The quantitative estimate of drug-likeness (QED) is 0.616. The number of nitrogens with zero attached hydrogens (tertiary/aromatic N) is 2. The zero-order chi connectivity index (χ0) is 15.4. The van der Waals surface area contributed by atoms with Gasteiger partial charge in [-0.3, -0.25) is 0 Å². The first-order valence-electron chi connectivity index (χ1n) is 5.96. The normalized spacial score (nSPS) is 10.4. The third kappa shape index (κ3) is 3.92. The van der Waals surface area contributed by atoms with Gasteiger partial charge in [0.25, 0.3) is 0 Å². The molecule has 1 aromatic carbocycles. The van der Waals surface area contributed by atoms with Gasteiger partial charge in [0.05, 0.1) is 18.7 Å². The molecular formula is C13H15BrN4O2S. The number of thioether (sulfide) groups is 1. The summed E-state index contributed by atoms with van der Waals surface area (Å²) >= 11 is 4.85. The minimum Gasteiger partial charge on any atom is -0.496 e. The number of halogens is 1. The number of benzene rings is 1. The van der Waals surface area contributed by atoms with Crippen molar-refractivity contribution in [3.63, 3.8) is 0 Å². The van der Waals surface area contributed by atoms with Crippen molar-refractivity contribution >= 4 is 39.3 Å². The van der Waals surface area contributed by atoms with Gasteiger partial charge in [0.1, 0.15) is 23.1 Å². The lowest BCUT2D eigenvalue weighted by molar-refractivity contribution is 0.398. The Labute approximate surface area is 135 Å². The Morgan fingerprint density at radius 1 is 1.05 bits per heavy atom. The first-order chi connectivity index (χ1) is 10.0. The Balaban J connectivity index is 2.22. The van der Waals surface area contributed by atoms with Gasteiger partial charge in [0, 0.05) is 17.4 Å². The summed E-state index contributed by atoms with van der Waals surface area (Å²) in [6.07, 6.45) is 0. The largest absolute Gasteiger partial charge is 0.496 e. The van der Waals surface area contributed by atoms with Crippen LogP contribution in [0.2, 0.25) is 0 Å². The Hall–Kier alpha value is -1.67. The summed E-state index contributed by atoms with van der Waals surface area (Å²) in [4.78, 5) is 8.27. The van der Waals surface area contributed by atoms with Gasteiger partial charge < -0.3 is 20.9 Å². The van der Waals surface area contributed by atoms with E-state index in [4.69, 9.17) is 20.9 Å². The van der Waals surface area contributed by atoms with Gasteiger partial charge in [-0.2, -0.15) is 0 Å². The molecule has 0 spiro atoms. The van der Waals surface area contributed by atoms with Gasteiger partial charge in [-0.15, -0.1) is 0 Å². The molecule has 0 aliphatic rings. The van der Waals surface area contributed by atoms with Crippen LogP contribution < -0.4 is 20.9 Å². The number of methoxy groups -OCH3 is 2. The van der Waals surface area contributed by atoms with Gasteiger partial charge in [0.15, 0.2) is 5.16 Å². The van der Waals surface area contributed by atoms with Crippen molar-refractivity contribution in [3.05, 3.63) is 28.2 Å². The summed E-state index contributed by atoms with van der Waals surface area (Å²) in [6, 6.07) is 5.29. The zero-order valence-electron chi connectivity index (χ0n) is 11.6. The maximum absolute atomic E-state index is 5.65. The third-order valence-electron chi connectivity index (χ3n) is 2.66. The van der Waals surface area contributed by atoms with E-state index in [-0.39, 0.29) is 0 Å². The molecule has 0 fully saturated rings. The SMILES string of the molecule is COc1cc(CSc2nc(N)cc(N)n2)c(OC)cc1Br. The minimum absolute atomic E-state index is 0.352. The molecule has 1 aromatic heterocycles. The van der Waals surface area contributed by atoms with Crippen molar-refractivity contribution < 1.29 is 9.47 Å². The van der Waals surface area contributed by atoms with E-state index in [0.29, 0.717) is 22.5 Å². The number of nitrogens with two attached hydrogens (primary N) is 2. The summed E-state index contributed by atoms with van der Waals surface area (Å²) in [5.74, 6) is 2.80. The van der Waals surface area contributed by atoms with E-state index in [1.54, 1.807) is 14.2 Å². The number of aromatic nitrogens is 2. The van der Waals surface area contributed by atoms with Crippen LogP contribution in [-0.4, -0.2) is 24.2 Å². The van der Waals surface area contributed by atoms with Crippen LogP contribution in [0.3, 0.4) is 0 Å². The van der Waals surface area contributed by atoms with Gasteiger partial charge >= 0.3 is 0 Å². The highest BCUT2D eigenvalue weighted by atomic mass is 79.9. The van der Waals surface area contributed by atoms with Crippen LogP contribution in [0, 0.1) is 0 Å². The van der Waals surface area contributed by atoms with Crippen molar-refractivity contribution in [2.24, 2.45) is 0 Å². The molecule has 2 aromatic rings. The Kier molecular flexibility index (Phi) is 5.13. The fraction of sp³-hybridized carbons (Fsp3) is 0.231. The van der Waals surface area contributed by atoms with Crippen LogP contribution in [-0.2, 0) is 5.75 Å². The molecular weight excluding hydrogens is 356 g/mol. The van der Waals surface area contributed by atoms with Crippen LogP contribution >= 0.6 is 27.7 Å². The van der Waals surface area contributed by atoms with Crippen LogP contribution in [0.25, 0.3) is 0 Å². The fourth-order valence-corrected chi connectivity index (χ4v) is 3.04. The number of ether oxygens (including phenoxy) is 2. The van der Waals surface area contributed by atoms with Gasteiger partial charge in [-0.1, -0.05) is 11.8 Å². The van der Waals surface area contributed by atoms with Crippen LogP contribution in [0.15, 0.2) is 27.8 Å². The Bertz CT molecular complexity index is 634. The number of anilines is 2. The average Bonchev–Trinajstić information content (AvgIpc) is 2.44.